The Kier molecular flexibility index (Phi) is 3.79. The van der Waals surface area contributed by atoms with E-state index in [0.29, 0.717) is 8.81 Å². The second-order valence-corrected chi connectivity index (χ2v) is 4.23. The Morgan fingerprint density at radius 1 is 0.812 bits per heavy atom. The molecule has 1 atom stereocenters. The van der Waals surface area contributed by atoms with Crippen molar-refractivity contribution in [3.05, 3.63) is 54.6 Å². The van der Waals surface area contributed by atoms with E-state index in [4.69, 9.17) is 9.26 Å². The van der Waals surface area contributed by atoms with Gasteiger partial charge in [-0.15, -0.1) is 0 Å². The molecule has 0 fully saturated rings. The zero-order valence-electron chi connectivity index (χ0n) is 9.01. The topological polar surface area (TPSA) is 18.5 Å². The highest BCUT2D eigenvalue weighted by molar-refractivity contribution is 7.42. The molecular weight excluding hydrogens is 219 g/mol. The summed E-state index contributed by atoms with van der Waals surface area (Å²) in [5, 5.41) is 1.19. The van der Waals surface area contributed by atoms with E-state index >= 15 is 0 Å². The monoisotopic (exact) mass is 232 g/mol. The van der Waals surface area contributed by atoms with E-state index in [0.717, 1.165) is 11.5 Å². The molecule has 0 aromatic heterocycles. The van der Waals surface area contributed by atoms with Gasteiger partial charge in [-0.2, -0.15) is 0 Å². The highest BCUT2D eigenvalue weighted by Crippen LogP contribution is 2.22. The lowest BCUT2D eigenvalue weighted by Gasteiger charge is -2.06. The van der Waals surface area contributed by atoms with E-state index < -0.39 is 0 Å². The van der Waals surface area contributed by atoms with Gasteiger partial charge >= 0.3 is 0 Å². The maximum Gasteiger partial charge on any atom is 0.123 e. The van der Waals surface area contributed by atoms with Gasteiger partial charge in [-0.1, -0.05) is 30.3 Å². The normalized spacial score (nSPS) is 10.6. The fourth-order valence-corrected chi connectivity index (χ4v) is 1.97. The van der Waals surface area contributed by atoms with E-state index in [1.165, 1.54) is 5.30 Å². The minimum absolute atomic E-state index is 0.339. The van der Waals surface area contributed by atoms with E-state index in [9.17, 15) is 0 Å². The van der Waals surface area contributed by atoms with Crippen LogP contribution in [0.2, 0.25) is 0 Å². The molecule has 0 aliphatic heterocycles. The van der Waals surface area contributed by atoms with Gasteiger partial charge in [-0.05, 0) is 24.3 Å². The maximum absolute atomic E-state index is 5.66. The quantitative estimate of drug-likeness (QED) is 0.754. The van der Waals surface area contributed by atoms with Crippen molar-refractivity contribution in [1.29, 1.82) is 0 Å². The zero-order chi connectivity index (χ0) is 11.2. The largest absolute Gasteiger partial charge is 0.497 e. The highest BCUT2D eigenvalue weighted by Gasteiger charge is 1.96. The van der Waals surface area contributed by atoms with Crippen molar-refractivity contribution in [2.24, 2.45) is 0 Å². The van der Waals surface area contributed by atoms with Gasteiger partial charge in [0.25, 0.3) is 0 Å². The van der Waals surface area contributed by atoms with Gasteiger partial charge < -0.3 is 9.26 Å². The number of ether oxygens (including phenoxy) is 1. The van der Waals surface area contributed by atoms with Crippen LogP contribution in [0.5, 0.6) is 11.5 Å². The van der Waals surface area contributed by atoms with Crippen LogP contribution in [0.25, 0.3) is 0 Å². The van der Waals surface area contributed by atoms with Gasteiger partial charge in [0.2, 0.25) is 0 Å². The molecule has 0 amide bonds. The number of hydrogen-bond donors (Lipinski definition) is 0. The molecule has 0 N–H and O–H groups in total. The van der Waals surface area contributed by atoms with Crippen molar-refractivity contribution >= 4 is 14.1 Å². The average molecular weight is 232 g/mol. The summed E-state index contributed by atoms with van der Waals surface area (Å²) >= 11 is 0. The summed E-state index contributed by atoms with van der Waals surface area (Å²) in [5.41, 5.74) is 0. The fourth-order valence-electron chi connectivity index (χ4n) is 1.27. The fraction of sp³-hybridized carbons (Fsp3) is 0.0769. The summed E-state index contributed by atoms with van der Waals surface area (Å²) < 4.78 is 10.7. The first-order valence-corrected chi connectivity index (χ1v) is 5.91. The summed E-state index contributed by atoms with van der Waals surface area (Å²) in [7, 11) is 1.99. The Morgan fingerprint density at radius 3 is 2.06 bits per heavy atom. The number of rotatable bonds is 4. The van der Waals surface area contributed by atoms with Crippen molar-refractivity contribution < 1.29 is 9.26 Å². The van der Waals surface area contributed by atoms with Crippen molar-refractivity contribution in [1.82, 2.24) is 0 Å². The van der Waals surface area contributed by atoms with Crippen LogP contribution in [0.15, 0.2) is 54.6 Å². The maximum atomic E-state index is 5.66. The van der Waals surface area contributed by atoms with Crippen LogP contribution in [0.1, 0.15) is 0 Å². The van der Waals surface area contributed by atoms with E-state index in [-0.39, 0.29) is 0 Å². The lowest BCUT2D eigenvalue weighted by Crippen LogP contribution is -1.94. The van der Waals surface area contributed by atoms with E-state index in [1.54, 1.807) is 7.11 Å². The van der Waals surface area contributed by atoms with Gasteiger partial charge in [-0.25, -0.2) is 0 Å². The van der Waals surface area contributed by atoms with Crippen molar-refractivity contribution in [3.8, 4) is 11.5 Å². The molecule has 0 aliphatic rings. The Morgan fingerprint density at radius 2 is 1.44 bits per heavy atom. The molecule has 2 aromatic carbocycles. The van der Waals surface area contributed by atoms with Crippen LogP contribution in [0, 0.1) is 0 Å². The number of methoxy groups -OCH3 is 1. The minimum Gasteiger partial charge on any atom is -0.497 e. The molecule has 2 rings (SSSR count). The standard InChI is InChI=1S/C13H13O2P/c1-14-11-7-9-12(10-8-11)15-16-13-5-3-2-4-6-13/h2-10,16H,1H3. The highest BCUT2D eigenvalue weighted by atomic mass is 31.1. The number of benzene rings is 2. The smallest absolute Gasteiger partial charge is 0.123 e. The molecule has 16 heavy (non-hydrogen) atoms. The molecule has 3 heteroatoms. The third-order valence-corrected chi connectivity index (χ3v) is 3.03. The van der Waals surface area contributed by atoms with Crippen LogP contribution < -0.4 is 14.6 Å². The summed E-state index contributed by atoms with van der Waals surface area (Å²) in [4.78, 5) is 0. The predicted octanol–water partition coefficient (Wildman–Crippen LogP) is 2.99. The molecule has 82 valence electrons. The molecule has 0 saturated carbocycles. The zero-order valence-corrected chi connectivity index (χ0v) is 10.0. The van der Waals surface area contributed by atoms with Crippen molar-refractivity contribution in [2.75, 3.05) is 7.11 Å². The van der Waals surface area contributed by atoms with Gasteiger partial charge in [0, 0.05) is 5.30 Å². The van der Waals surface area contributed by atoms with Crippen LogP contribution in [0.4, 0.5) is 0 Å². The summed E-state index contributed by atoms with van der Waals surface area (Å²) in [6.45, 7) is 0. The van der Waals surface area contributed by atoms with Crippen LogP contribution in [-0.4, -0.2) is 7.11 Å². The predicted molar refractivity (Wildman–Crippen MR) is 68.0 cm³/mol. The number of hydrogen-bond acceptors (Lipinski definition) is 2. The molecule has 0 radical (unpaired) electrons. The molecule has 0 heterocycles. The van der Waals surface area contributed by atoms with Crippen molar-refractivity contribution in [3.63, 3.8) is 0 Å². The molecule has 2 aromatic rings. The third-order valence-electron chi connectivity index (χ3n) is 2.12. The molecule has 0 spiro atoms. The average Bonchev–Trinajstić information content (AvgIpc) is 2.38. The SMILES string of the molecule is COc1ccc(OPc2ccccc2)cc1. The molecular formula is C13H13O2P. The second-order valence-electron chi connectivity index (χ2n) is 3.25. The Labute approximate surface area is 97.1 Å². The molecule has 2 nitrogen and oxygen atoms in total. The van der Waals surface area contributed by atoms with Crippen LogP contribution in [-0.2, 0) is 0 Å². The van der Waals surface area contributed by atoms with Gasteiger partial charge in [0.1, 0.15) is 20.3 Å². The third kappa shape index (κ3) is 2.98. The molecule has 1 unspecified atom stereocenters. The van der Waals surface area contributed by atoms with Crippen LogP contribution >= 0.6 is 8.81 Å². The Hall–Kier alpha value is -1.53. The first-order valence-electron chi connectivity index (χ1n) is 5.00. The van der Waals surface area contributed by atoms with Gasteiger partial charge in [-0.3, -0.25) is 0 Å². The van der Waals surface area contributed by atoms with Crippen molar-refractivity contribution in [2.45, 2.75) is 0 Å². The minimum atomic E-state index is 0.339. The summed E-state index contributed by atoms with van der Waals surface area (Å²) in [6.07, 6.45) is 0. The van der Waals surface area contributed by atoms with Crippen LogP contribution in [0.3, 0.4) is 0 Å². The lowest BCUT2D eigenvalue weighted by atomic mass is 10.3. The Bertz CT molecular complexity index is 425. The first-order chi connectivity index (χ1) is 7.88. The summed E-state index contributed by atoms with van der Waals surface area (Å²) in [6, 6.07) is 17.8. The molecule has 0 saturated heterocycles. The lowest BCUT2D eigenvalue weighted by molar-refractivity contribution is 0.414. The Balaban J connectivity index is 1.94. The van der Waals surface area contributed by atoms with E-state index in [1.807, 2.05) is 42.5 Å². The summed E-state index contributed by atoms with van der Waals surface area (Å²) in [5.74, 6) is 1.71. The first kappa shape index (κ1) is 11.0. The van der Waals surface area contributed by atoms with Gasteiger partial charge in [0.05, 0.1) is 7.11 Å². The van der Waals surface area contributed by atoms with E-state index in [2.05, 4.69) is 12.1 Å². The molecule has 0 aliphatic carbocycles. The second kappa shape index (κ2) is 5.53. The molecule has 0 bridgehead atoms. The van der Waals surface area contributed by atoms with Gasteiger partial charge in [0.15, 0.2) is 0 Å².